The molecular formula is C30H51NO6. The van der Waals surface area contributed by atoms with Crippen molar-refractivity contribution < 1.29 is 30.0 Å². The molecule has 212 valence electrons. The normalized spacial score (nSPS) is 48.8. The summed E-state index contributed by atoms with van der Waals surface area (Å²) in [6.07, 6.45) is 5.88. The van der Waals surface area contributed by atoms with E-state index in [-0.39, 0.29) is 76.7 Å². The summed E-state index contributed by atoms with van der Waals surface area (Å²) in [5, 5.41) is 46.1. The number of hydrogen-bond donors (Lipinski definition) is 5. The largest absolute Gasteiger partial charge is 0.480 e. The Kier molecular flexibility index (Phi) is 7.86. The van der Waals surface area contributed by atoms with Crippen molar-refractivity contribution in [1.82, 2.24) is 5.32 Å². The van der Waals surface area contributed by atoms with Gasteiger partial charge in [0, 0.05) is 5.92 Å². The average molecular weight is 522 g/mol. The van der Waals surface area contributed by atoms with Gasteiger partial charge in [0.25, 0.3) is 0 Å². The number of carboxylic acid groups (broad SMARTS) is 1. The Morgan fingerprint density at radius 1 is 1.00 bits per heavy atom. The molecule has 5 N–H and O–H groups in total. The zero-order valence-electron chi connectivity index (χ0n) is 23.7. The van der Waals surface area contributed by atoms with Crippen molar-refractivity contribution in [3.8, 4) is 0 Å². The summed E-state index contributed by atoms with van der Waals surface area (Å²) in [5.41, 5.74) is -1.18. The number of carbonyl (C=O) groups is 2. The first-order chi connectivity index (χ1) is 17.2. The van der Waals surface area contributed by atoms with Gasteiger partial charge in [-0.2, -0.15) is 0 Å². The second-order valence-corrected chi connectivity index (χ2v) is 14.0. The number of carbonyl (C=O) groups excluding carboxylic acids is 1. The maximum absolute atomic E-state index is 12.5. The maximum atomic E-state index is 12.5. The summed E-state index contributed by atoms with van der Waals surface area (Å²) in [5.74, 6) is -0.238. The van der Waals surface area contributed by atoms with Gasteiger partial charge in [0.2, 0.25) is 5.91 Å². The molecule has 0 radical (unpaired) electrons. The number of aliphatic hydroxyl groups excluding tert-OH is 2. The third kappa shape index (κ3) is 4.55. The Labute approximate surface area is 222 Å². The van der Waals surface area contributed by atoms with Gasteiger partial charge in [0.05, 0.1) is 17.8 Å². The lowest BCUT2D eigenvalue weighted by molar-refractivity contribution is -0.263. The molecule has 0 aromatic rings. The van der Waals surface area contributed by atoms with E-state index in [0.717, 1.165) is 38.5 Å². The molecule has 37 heavy (non-hydrogen) atoms. The molecule has 4 fully saturated rings. The summed E-state index contributed by atoms with van der Waals surface area (Å²) in [4.78, 5) is 23.3. The number of fused-ring (bicyclic) bond motifs is 5. The van der Waals surface area contributed by atoms with Gasteiger partial charge in [-0.3, -0.25) is 9.59 Å². The molecule has 0 saturated heterocycles. The molecular weight excluding hydrogens is 470 g/mol. The SMILES string of the molecule is CC[C@@H]1[C@@H]2C[C@H](O)CC[C@]2(C)C2C[C@H](O)[C@@]3(C)C(CC[C@@H]3[C@@H](C)C[C@H](C)C(=O)NCC(=O)O)C2[C@@]1(C)O. The smallest absolute Gasteiger partial charge is 0.322 e. The molecule has 0 aromatic heterocycles. The van der Waals surface area contributed by atoms with Crippen LogP contribution in [0.25, 0.3) is 0 Å². The first kappa shape index (κ1) is 28.8. The Morgan fingerprint density at radius 2 is 1.68 bits per heavy atom. The van der Waals surface area contributed by atoms with Crippen LogP contribution >= 0.6 is 0 Å². The minimum Gasteiger partial charge on any atom is -0.480 e. The van der Waals surface area contributed by atoms with E-state index in [4.69, 9.17) is 5.11 Å². The van der Waals surface area contributed by atoms with Gasteiger partial charge in [-0.25, -0.2) is 0 Å². The molecule has 3 unspecified atom stereocenters. The van der Waals surface area contributed by atoms with Crippen LogP contribution in [0, 0.1) is 58.2 Å². The quantitative estimate of drug-likeness (QED) is 0.346. The minimum absolute atomic E-state index is 0.00949. The molecule has 0 aliphatic heterocycles. The number of hydrogen-bond acceptors (Lipinski definition) is 5. The summed E-state index contributed by atoms with van der Waals surface area (Å²) in [6.45, 7) is 12.5. The highest BCUT2D eigenvalue weighted by Crippen LogP contribution is 2.71. The van der Waals surface area contributed by atoms with E-state index in [1.807, 2.05) is 13.8 Å². The van der Waals surface area contributed by atoms with E-state index in [2.05, 4.69) is 33.0 Å². The Hall–Kier alpha value is -1.18. The summed E-state index contributed by atoms with van der Waals surface area (Å²) < 4.78 is 0. The van der Waals surface area contributed by atoms with Gasteiger partial charge in [-0.15, -0.1) is 0 Å². The molecule has 0 aromatic carbocycles. The molecule has 0 heterocycles. The zero-order valence-corrected chi connectivity index (χ0v) is 23.7. The van der Waals surface area contributed by atoms with Crippen molar-refractivity contribution in [2.24, 2.45) is 58.2 Å². The Balaban J connectivity index is 1.61. The standard InChI is InChI=1S/C30H51NO6/c1-7-19-22-13-18(32)10-11-28(22,4)23-14-24(33)29(5)20(8-9-21(29)26(23)30(19,6)37)16(2)12-17(3)27(36)31-15-25(34)35/h16-24,26,32-33,37H,7-15H2,1-6H3,(H,31,36)(H,34,35)/t16-,17-,18+,19+,20+,21?,22-,23?,24-,26?,28-,29+,30-/m0/s1. The molecule has 0 bridgehead atoms. The fraction of sp³-hybridized carbons (Fsp3) is 0.933. The number of aliphatic hydroxyl groups is 3. The highest BCUT2D eigenvalue weighted by Gasteiger charge is 2.70. The predicted octanol–water partition coefficient (Wildman–Crippen LogP) is 3.84. The van der Waals surface area contributed by atoms with Crippen molar-refractivity contribution in [1.29, 1.82) is 0 Å². The second kappa shape index (κ2) is 10.1. The monoisotopic (exact) mass is 521 g/mol. The van der Waals surface area contributed by atoms with Gasteiger partial charge < -0.3 is 25.7 Å². The highest BCUT2D eigenvalue weighted by atomic mass is 16.4. The van der Waals surface area contributed by atoms with Gasteiger partial charge >= 0.3 is 5.97 Å². The van der Waals surface area contributed by atoms with E-state index in [1.54, 1.807) is 0 Å². The number of nitrogens with one attached hydrogen (secondary N) is 1. The lowest BCUT2D eigenvalue weighted by Crippen LogP contribution is -2.69. The van der Waals surface area contributed by atoms with Crippen LogP contribution in [0.1, 0.15) is 92.9 Å². The third-order valence-corrected chi connectivity index (χ3v) is 12.3. The number of amides is 1. The van der Waals surface area contributed by atoms with E-state index >= 15 is 0 Å². The van der Waals surface area contributed by atoms with Gasteiger partial charge in [-0.1, -0.05) is 41.0 Å². The summed E-state index contributed by atoms with van der Waals surface area (Å²) >= 11 is 0. The molecule has 4 aliphatic rings. The van der Waals surface area contributed by atoms with Crippen LogP contribution in [0.4, 0.5) is 0 Å². The highest BCUT2D eigenvalue weighted by molar-refractivity contribution is 5.82. The van der Waals surface area contributed by atoms with E-state index in [9.17, 15) is 24.9 Å². The first-order valence-electron chi connectivity index (χ1n) is 14.8. The molecule has 7 nitrogen and oxygen atoms in total. The summed E-state index contributed by atoms with van der Waals surface area (Å²) in [6, 6.07) is 0. The van der Waals surface area contributed by atoms with Crippen molar-refractivity contribution in [3.05, 3.63) is 0 Å². The van der Waals surface area contributed by atoms with E-state index < -0.39 is 17.7 Å². The van der Waals surface area contributed by atoms with Gasteiger partial charge in [0.15, 0.2) is 0 Å². The van der Waals surface area contributed by atoms with Crippen LogP contribution in [-0.2, 0) is 9.59 Å². The van der Waals surface area contributed by atoms with E-state index in [0.29, 0.717) is 12.8 Å². The zero-order chi connectivity index (χ0) is 27.5. The van der Waals surface area contributed by atoms with Crippen LogP contribution in [0.15, 0.2) is 0 Å². The molecule has 1 amide bonds. The lowest BCUT2D eigenvalue weighted by atomic mass is 9.38. The fourth-order valence-corrected chi connectivity index (χ4v) is 10.6. The topological polar surface area (TPSA) is 127 Å². The van der Waals surface area contributed by atoms with Crippen molar-refractivity contribution >= 4 is 11.9 Å². The molecule has 4 aliphatic carbocycles. The molecule has 13 atom stereocenters. The van der Waals surface area contributed by atoms with Crippen LogP contribution in [0.3, 0.4) is 0 Å². The number of rotatable bonds is 7. The van der Waals surface area contributed by atoms with Crippen molar-refractivity contribution in [2.45, 2.75) is 111 Å². The number of aliphatic carboxylic acids is 1. The van der Waals surface area contributed by atoms with Gasteiger partial charge in [0.1, 0.15) is 6.54 Å². The van der Waals surface area contributed by atoms with Crippen LogP contribution in [0.5, 0.6) is 0 Å². The number of carboxylic acids is 1. The van der Waals surface area contributed by atoms with Crippen LogP contribution in [0.2, 0.25) is 0 Å². The lowest BCUT2D eigenvalue weighted by Gasteiger charge is -2.68. The average Bonchev–Trinajstić information content (AvgIpc) is 3.17. The molecule has 4 rings (SSSR count). The molecule has 4 saturated carbocycles. The second-order valence-electron chi connectivity index (χ2n) is 14.0. The van der Waals surface area contributed by atoms with Crippen LogP contribution < -0.4 is 5.32 Å². The van der Waals surface area contributed by atoms with Crippen LogP contribution in [-0.4, -0.2) is 56.7 Å². The maximum Gasteiger partial charge on any atom is 0.322 e. The van der Waals surface area contributed by atoms with Gasteiger partial charge in [-0.05, 0) is 104 Å². The van der Waals surface area contributed by atoms with E-state index in [1.165, 1.54) is 0 Å². The molecule has 7 heteroatoms. The summed E-state index contributed by atoms with van der Waals surface area (Å²) in [7, 11) is 0. The van der Waals surface area contributed by atoms with Crippen molar-refractivity contribution in [3.63, 3.8) is 0 Å². The first-order valence-corrected chi connectivity index (χ1v) is 14.8. The third-order valence-electron chi connectivity index (χ3n) is 12.3. The molecule has 0 spiro atoms. The Morgan fingerprint density at radius 3 is 2.30 bits per heavy atom. The minimum atomic E-state index is -1.05. The fourth-order valence-electron chi connectivity index (χ4n) is 10.6. The predicted molar refractivity (Wildman–Crippen MR) is 141 cm³/mol. The van der Waals surface area contributed by atoms with Crippen molar-refractivity contribution in [2.75, 3.05) is 6.54 Å². The Bertz CT molecular complexity index is 876.